The number of carbonyl (C=O) groups excluding carboxylic acids is 3. The Balaban J connectivity index is 1.81. The van der Waals surface area contributed by atoms with Crippen molar-refractivity contribution in [2.75, 3.05) is 11.9 Å². The van der Waals surface area contributed by atoms with Gasteiger partial charge in [-0.2, -0.15) is 0 Å². The molecular formula is C25H17Cl2NO4. The van der Waals surface area contributed by atoms with Crippen molar-refractivity contribution >= 4 is 46.4 Å². The van der Waals surface area contributed by atoms with Crippen LogP contribution in [-0.2, 0) is 16.6 Å². The van der Waals surface area contributed by atoms with Crippen LogP contribution >= 0.6 is 23.2 Å². The van der Waals surface area contributed by atoms with Crippen LogP contribution in [-0.4, -0.2) is 35.2 Å². The Morgan fingerprint density at radius 1 is 0.844 bits per heavy atom. The summed E-state index contributed by atoms with van der Waals surface area (Å²) in [5.41, 5.74) is -2.77. The third-order valence-corrected chi connectivity index (χ3v) is 7.28. The molecule has 3 aromatic carbocycles. The number of amides is 1. The standard InChI is InChI=1S/C25H17Cl2NO4/c1-28-20-9-5-4-8-17(20)24(23(28)31,13-14-10-11-18(26)19(27)12-14)25(32)21(29)15-6-2-3-7-16(15)22(25)30/h2-12,32H,13H2,1H3. The second-order valence-corrected chi connectivity index (χ2v) is 8.94. The average molecular weight is 466 g/mol. The van der Waals surface area contributed by atoms with E-state index < -0.39 is 28.5 Å². The van der Waals surface area contributed by atoms with Crippen molar-refractivity contribution in [2.45, 2.75) is 17.4 Å². The summed E-state index contributed by atoms with van der Waals surface area (Å²) < 4.78 is 0. The third kappa shape index (κ3) is 2.47. The summed E-state index contributed by atoms with van der Waals surface area (Å²) in [5.74, 6) is -2.10. The summed E-state index contributed by atoms with van der Waals surface area (Å²) in [7, 11) is 1.57. The molecular weight excluding hydrogens is 449 g/mol. The molecule has 0 fully saturated rings. The first-order valence-corrected chi connectivity index (χ1v) is 10.7. The number of ketones is 2. The molecule has 0 bridgehead atoms. The van der Waals surface area contributed by atoms with Crippen molar-refractivity contribution in [1.82, 2.24) is 0 Å². The van der Waals surface area contributed by atoms with Gasteiger partial charge in [0.15, 0.2) is 0 Å². The molecule has 32 heavy (non-hydrogen) atoms. The quantitative estimate of drug-likeness (QED) is 0.586. The van der Waals surface area contributed by atoms with Crippen LogP contribution in [0.5, 0.6) is 0 Å². The van der Waals surface area contributed by atoms with Crippen LogP contribution in [0.15, 0.2) is 66.7 Å². The van der Waals surface area contributed by atoms with Crippen molar-refractivity contribution < 1.29 is 19.5 Å². The largest absolute Gasteiger partial charge is 0.373 e. The number of likely N-dealkylation sites (N-methyl/N-ethyl adjacent to an activating group) is 1. The van der Waals surface area contributed by atoms with Gasteiger partial charge in [0.25, 0.3) is 0 Å². The maximum atomic E-state index is 13.9. The van der Waals surface area contributed by atoms with Crippen LogP contribution in [0.3, 0.4) is 0 Å². The van der Waals surface area contributed by atoms with Gasteiger partial charge in [-0.3, -0.25) is 14.4 Å². The predicted octanol–water partition coefficient (Wildman–Crippen LogP) is 4.26. The maximum absolute atomic E-state index is 13.9. The van der Waals surface area contributed by atoms with Gasteiger partial charge in [0, 0.05) is 23.9 Å². The van der Waals surface area contributed by atoms with E-state index in [0.29, 0.717) is 21.8 Å². The zero-order chi connectivity index (χ0) is 22.8. The number of para-hydroxylation sites is 1. The van der Waals surface area contributed by atoms with E-state index in [4.69, 9.17) is 23.2 Å². The van der Waals surface area contributed by atoms with Crippen molar-refractivity contribution in [2.24, 2.45) is 0 Å². The van der Waals surface area contributed by atoms with E-state index in [1.54, 1.807) is 61.6 Å². The van der Waals surface area contributed by atoms with E-state index in [1.165, 1.54) is 17.0 Å². The van der Waals surface area contributed by atoms with E-state index in [1.807, 2.05) is 0 Å². The fourth-order valence-corrected chi connectivity index (χ4v) is 5.32. The first-order chi connectivity index (χ1) is 15.2. The van der Waals surface area contributed by atoms with Crippen molar-refractivity contribution in [3.8, 4) is 0 Å². The molecule has 0 aromatic heterocycles. The van der Waals surface area contributed by atoms with Gasteiger partial charge in [0.05, 0.1) is 10.0 Å². The minimum Gasteiger partial charge on any atom is -0.373 e. The fraction of sp³-hybridized carbons (Fsp3) is 0.160. The lowest BCUT2D eigenvalue weighted by Gasteiger charge is -2.39. The first-order valence-electron chi connectivity index (χ1n) is 9.96. The normalized spacial score (nSPS) is 21.1. The van der Waals surface area contributed by atoms with Gasteiger partial charge in [-0.25, -0.2) is 0 Å². The number of carbonyl (C=O) groups is 3. The summed E-state index contributed by atoms with van der Waals surface area (Å²) >= 11 is 12.3. The van der Waals surface area contributed by atoms with Crippen LogP contribution in [0.2, 0.25) is 10.0 Å². The van der Waals surface area contributed by atoms with Crippen LogP contribution in [0, 0.1) is 0 Å². The van der Waals surface area contributed by atoms with Gasteiger partial charge < -0.3 is 10.0 Å². The average Bonchev–Trinajstić information content (AvgIpc) is 3.14. The number of halogens is 2. The number of hydrogen-bond acceptors (Lipinski definition) is 4. The number of rotatable bonds is 3. The summed E-state index contributed by atoms with van der Waals surface area (Å²) in [5, 5.41) is 12.6. The SMILES string of the molecule is CN1C(=O)C(Cc2ccc(Cl)c(Cl)c2)(C2(O)C(=O)c3ccccc3C2=O)c2ccccc21. The molecule has 5 rings (SSSR count). The fourth-order valence-electron chi connectivity index (χ4n) is 5.00. The topological polar surface area (TPSA) is 74.7 Å². The van der Waals surface area contributed by atoms with Gasteiger partial charge in [-0.05, 0) is 35.7 Å². The Labute approximate surface area is 194 Å². The number of Topliss-reactive ketones (excluding diaryl/α,β-unsaturated/α-hetero) is 2. The Morgan fingerprint density at radius 2 is 1.44 bits per heavy atom. The van der Waals surface area contributed by atoms with Crippen molar-refractivity contribution in [3.63, 3.8) is 0 Å². The number of fused-ring (bicyclic) bond motifs is 2. The Hall–Kier alpha value is -2.99. The lowest BCUT2D eigenvalue weighted by molar-refractivity contribution is -0.128. The van der Waals surface area contributed by atoms with E-state index >= 15 is 0 Å². The first kappa shape index (κ1) is 20.9. The summed E-state index contributed by atoms with van der Waals surface area (Å²) in [6.07, 6.45) is -0.119. The highest BCUT2D eigenvalue weighted by atomic mass is 35.5. The zero-order valence-electron chi connectivity index (χ0n) is 16.9. The molecule has 2 aliphatic rings. The number of hydrogen-bond donors (Lipinski definition) is 1. The van der Waals surface area contributed by atoms with Crippen LogP contribution in [0.25, 0.3) is 0 Å². The van der Waals surface area contributed by atoms with Crippen LogP contribution in [0.1, 0.15) is 31.8 Å². The highest BCUT2D eigenvalue weighted by Crippen LogP contribution is 2.53. The zero-order valence-corrected chi connectivity index (χ0v) is 18.4. The molecule has 0 saturated carbocycles. The third-order valence-electron chi connectivity index (χ3n) is 6.54. The Morgan fingerprint density at radius 3 is 2.06 bits per heavy atom. The smallest absolute Gasteiger partial charge is 0.241 e. The van der Waals surface area contributed by atoms with Gasteiger partial charge in [0.2, 0.25) is 23.1 Å². The van der Waals surface area contributed by atoms with Crippen molar-refractivity contribution in [3.05, 3.63) is 99.0 Å². The van der Waals surface area contributed by atoms with E-state index in [2.05, 4.69) is 0 Å². The number of aliphatic hydroxyl groups is 1. The molecule has 160 valence electrons. The Bertz CT molecular complexity index is 1300. The second-order valence-electron chi connectivity index (χ2n) is 8.13. The lowest BCUT2D eigenvalue weighted by Crippen LogP contribution is -2.64. The van der Waals surface area contributed by atoms with E-state index in [-0.39, 0.29) is 22.6 Å². The van der Waals surface area contributed by atoms with Gasteiger partial charge in [-0.1, -0.05) is 71.7 Å². The highest BCUT2D eigenvalue weighted by Gasteiger charge is 2.71. The molecule has 1 heterocycles. The number of anilines is 1. The second kappa shape index (κ2) is 7.01. The molecule has 3 aromatic rings. The molecule has 1 unspecified atom stereocenters. The molecule has 1 amide bonds. The summed E-state index contributed by atoms with van der Waals surface area (Å²) in [4.78, 5) is 42.5. The number of benzene rings is 3. The summed E-state index contributed by atoms with van der Waals surface area (Å²) in [6, 6.07) is 18.0. The minimum atomic E-state index is -2.61. The van der Waals surface area contributed by atoms with Gasteiger partial charge in [0.1, 0.15) is 5.41 Å². The Kier molecular flexibility index (Phi) is 4.57. The molecule has 0 saturated heterocycles. The minimum absolute atomic E-state index is 0.105. The van der Waals surface area contributed by atoms with Gasteiger partial charge >= 0.3 is 0 Å². The monoisotopic (exact) mass is 465 g/mol. The maximum Gasteiger partial charge on any atom is 0.241 e. The molecule has 1 aliphatic carbocycles. The highest BCUT2D eigenvalue weighted by molar-refractivity contribution is 6.42. The predicted molar refractivity (Wildman–Crippen MR) is 122 cm³/mol. The molecule has 0 radical (unpaired) electrons. The molecule has 5 nitrogen and oxygen atoms in total. The molecule has 7 heteroatoms. The van der Waals surface area contributed by atoms with Gasteiger partial charge in [-0.15, -0.1) is 0 Å². The van der Waals surface area contributed by atoms with E-state index in [0.717, 1.165) is 0 Å². The molecule has 1 aliphatic heterocycles. The molecule has 0 spiro atoms. The number of nitrogens with zero attached hydrogens (tertiary/aromatic N) is 1. The summed E-state index contributed by atoms with van der Waals surface area (Å²) in [6.45, 7) is 0. The molecule has 1 N–H and O–H groups in total. The van der Waals surface area contributed by atoms with Crippen molar-refractivity contribution in [1.29, 1.82) is 0 Å². The lowest BCUT2D eigenvalue weighted by atomic mass is 9.62. The van der Waals surface area contributed by atoms with Crippen LogP contribution in [0.4, 0.5) is 5.69 Å². The van der Waals surface area contributed by atoms with E-state index in [9.17, 15) is 19.5 Å². The van der Waals surface area contributed by atoms with Crippen LogP contribution < -0.4 is 4.90 Å². The molecule has 1 atom stereocenters.